The van der Waals surface area contributed by atoms with E-state index in [9.17, 15) is 0 Å². The van der Waals surface area contributed by atoms with E-state index in [2.05, 4.69) is 71.7 Å². The van der Waals surface area contributed by atoms with Gasteiger partial charge in [0.1, 0.15) is 7.05 Å². The number of hydrogen-bond donors (Lipinski definition) is 0. The molecule has 0 amide bonds. The SMILES string of the molecule is CCCC1CCCCN1c1cc(-c2ccccc2)n(C)[n+]1C. The monoisotopic (exact) mass is 298 g/mol. The van der Waals surface area contributed by atoms with Crippen molar-refractivity contribution in [2.24, 2.45) is 14.1 Å². The van der Waals surface area contributed by atoms with Crippen LogP contribution in [0.15, 0.2) is 36.4 Å². The van der Waals surface area contributed by atoms with Crippen LogP contribution < -0.4 is 9.58 Å². The summed E-state index contributed by atoms with van der Waals surface area (Å²) >= 11 is 0. The Kier molecular flexibility index (Phi) is 4.51. The van der Waals surface area contributed by atoms with Crippen LogP contribution in [0.1, 0.15) is 39.0 Å². The van der Waals surface area contributed by atoms with Gasteiger partial charge in [0, 0.05) is 12.6 Å². The molecule has 1 aliphatic heterocycles. The second-order valence-corrected chi connectivity index (χ2v) is 6.43. The van der Waals surface area contributed by atoms with Gasteiger partial charge in [0.15, 0.2) is 0 Å². The lowest BCUT2D eigenvalue weighted by Crippen LogP contribution is -2.49. The second kappa shape index (κ2) is 6.55. The second-order valence-electron chi connectivity index (χ2n) is 6.43. The minimum absolute atomic E-state index is 0.705. The van der Waals surface area contributed by atoms with Crippen molar-refractivity contribution in [1.29, 1.82) is 0 Å². The van der Waals surface area contributed by atoms with E-state index in [4.69, 9.17) is 0 Å². The van der Waals surface area contributed by atoms with Crippen LogP contribution in [0.2, 0.25) is 0 Å². The molecule has 3 nitrogen and oxygen atoms in total. The molecule has 0 saturated carbocycles. The molecule has 1 unspecified atom stereocenters. The summed E-state index contributed by atoms with van der Waals surface area (Å²) < 4.78 is 4.57. The number of nitrogens with zero attached hydrogens (tertiary/aromatic N) is 3. The summed E-state index contributed by atoms with van der Waals surface area (Å²) in [7, 11) is 4.34. The van der Waals surface area contributed by atoms with Gasteiger partial charge in [0.05, 0.1) is 24.3 Å². The predicted octanol–water partition coefficient (Wildman–Crippen LogP) is 3.68. The molecule has 1 aliphatic rings. The third-order valence-corrected chi connectivity index (χ3v) is 5.01. The molecule has 3 rings (SSSR count). The number of hydrogen-bond acceptors (Lipinski definition) is 1. The summed E-state index contributed by atoms with van der Waals surface area (Å²) in [5.74, 6) is 1.36. The molecular formula is C19H28N3+. The van der Waals surface area contributed by atoms with Crippen LogP contribution in [0.4, 0.5) is 5.82 Å². The van der Waals surface area contributed by atoms with Crippen molar-refractivity contribution in [3.05, 3.63) is 36.4 Å². The highest BCUT2D eigenvalue weighted by molar-refractivity contribution is 5.62. The first kappa shape index (κ1) is 15.1. The topological polar surface area (TPSA) is 12.1 Å². The molecule has 0 spiro atoms. The van der Waals surface area contributed by atoms with Gasteiger partial charge < -0.3 is 0 Å². The van der Waals surface area contributed by atoms with Crippen molar-refractivity contribution in [3.8, 4) is 11.3 Å². The lowest BCUT2D eigenvalue weighted by atomic mass is 9.98. The van der Waals surface area contributed by atoms with E-state index in [-0.39, 0.29) is 0 Å². The fraction of sp³-hybridized carbons (Fsp3) is 0.526. The van der Waals surface area contributed by atoms with Crippen molar-refractivity contribution in [2.45, 2.75) is 45.1 Å². The normalized spacial score (nSPS) is 18.7. The third-order valence-electron chi connectivity index (χ3n) is 5.01. The van der Waals surface area contributed by atoms with Crippen molar-refractivity contribution < 1.29 is 4.68 Å². The van der Waals surface area contributed by atoms with E-state index < -0.39 is 0 Å². The van der Waals surface area contributed by atoms with Gasteiger partial charge in [-0.05, 0) is 25.7 Å². The summed E-state index contributed by atoms with van der Waals surface area (Å²) in [5.41, 5.74) is 2.58. The van der Waals surface area contributed by atoms with Crippen molar-refractivity contribution >= 4 is 5.82 Å². The predicted molar refractivity (Wildman–Crippen MR) is 91.9 cm³/mol. The molecule has 1 fully saturated rings. The highest BCUT2D eigenvalue weighted by atomic mass is 15.4. The molecule has 0 N–H and O–H groups in total. The van der Waals surface area contributed by atoms with E-state index >= 15 is 0 Å². The minimum atomic E-state index is 0.705. The number of benzene rings is 1. The first-order valence-electron chi connectivity index (χ1n) is 8.60. The van der Waals surface area contributed by atoms with E-state index in [0.717, 1.165) is 0 Å². The molecule has 3 heteroatoms. The molecular weight excluding hydrogens is 270 g/mol. The first-order chi connectivity index (χ1) is 10.7. The maximum absolute atomic E-state index is 2.64. The maximum Gasteiger partial charge on any atom is 0.297 e. The summed E-state index contributed by atoms with van der Waals surface area (Å²) in [6, 6.07) is 13.8. The van der Waals surface area contributed by atoms with Crippen molar-refractivity contribution in [2.75, 3.05) is 11.4 Å². The summed E-state index contributed by atoms with van der Waals surface area (Å²) in [6.07, 6.45) is 6.60. The Morgan fingerprint density at radius 2 is 1.95 bits per heavy atom. The van der Waals surface area contributed by atoms with E-state index in [1.165, 1.54) is 55.7 Å². The Balaban J connectivity index is 1.97. The molecule has 1 atom stereocenters. The highest BCUT2D eigenvalue weighted by Crippen LogP contribution is 2.28. The van der Waals surface area contributed by atoms with Crippen LogP contribution in [0.5, 0.6) is 0 Å². The van der Waals surface area contributed by atoms with Crippen LogP contribution in [0.25, 0.3) is 11.3 Å². The smallest absolute Gasteiger partial charge is 0.257 e. The summed E-state index contributed by atoms with van der Waals surface area (Å²) in [4.78, 5) is 2.64. The maximum atomic E-state index is 2.64. The Morgan fingerprint density at radius 1 is 1.18 bits per heavy atom. The zero-order valence-electron chi connectivity index (χ0n) is 14.1. The van der Waals surface area contributed by atoms with Gasteiger partial charge in [-0.25, -0.2) is 4.68 Å². The Morgan fingerprint density at radius 3 is 2.68 bits per heavy atom. The van der Waals surface area contributed by atoms with Crippen molar-refractivity contribution in [3.63, 3.8) is 0 Å². The third kappa shape index (κ3) is 2.77. The Labute approximate surface area is 134 Å². The minimum Gasteiger partial charge on any atom is -0.257 e. The summed E-state index contributed by atoms with van der Waals surface area (Å²) in [5, 5.41) is 0. The highest BCUT2D eigenvalue weighted by Gasteiger charge is 2.32. The quantitative estimate of drug-likeness (QED) is 0.784. The van der Waals surface area contributed by atoms with Gasteiger partial charge in [-0.1, -0.05) is 43.7 Å². The molecule has 2 aromatic rings. The van der Waals surface area contributed by atoms with Gasteiger partial charge >= 0.3 is 0 Å². The van der Waals surface area contributed by atoms with E-state index in [1.807, 2.05) is 0 Å². The fourth-order valence-electron chi connectivity index (χ4n) is 3.71. The molecule has 0 radical (unpaired) electrons. The fourth-order valence-corrected chi connectivity index (χ4v) is 3.71. The standard InChI is InChI=1S/C19H28N3/c1-4-10-17-13-8-9-14-22(17)19-15-18(20(2)21(19)3)16-11-6-5-7-12-16/h5-7,11-12,15,17H,4,8-10,13-14H2,1-3H3/q+1. The molecule has 1 saturated heterocycles. The van der Waals surface area contributed by atoms with Gasteiger partial charge in [-0.3, -0.25) is 4.90 Å². The van der Waals surface area contributed by atoms with Gasteiger partial charge in [-0.2, -0.15) is 4.68 Å². The molecule has 0 bridgehead atoms. The molecule has 22 heavy (non-hydrogen) atoms. The lowest BCUT2D eigenvalue weighted by molar-refractivity contribution is -0.739. The van der Waals surface area contributed by atoms with Crippen LogP contribution in [0.3, 0.4) is 0 Å². The Hall–Kier alpha value is -1.77. The number of rotatable bonds is 4. The van der Waals surface area contributed by atoms with Crippen molar-refractivity contribution in [1.82, 2.24) is 4.68 Å². The molecule has 0 aliphatic carbocycles. The Bertz CT molecular complexity index is 613. The average molecular weight is 298 g/mol. The zero-order valence-corrected chi connectivity index (χ0v) is 14.1. The molecule has 1 aromatic heterocycles. The van der Waals surface area contributed by atoms with Gasteiger partial charge in [0.2, 0.25) is 0 Å². The van der Waals surface area contributed by atoms with E-state index in [0.29, 0.717) is 6.04 Å². The van der Waals surface area contributed by atoms with Crippen LogP contribution in [-0.4, -0.2) is 17.3 Å². The molecule has 118 valence electrons. The van der Waals surface area contributed by atoms with Gasteiger partial charge in [0.25, 0.3) is 5.82 Å². The number of piperidine rings is 1. The average Bonchev–Trinajstić information content (AvgIpc) is 2.85. The lowest BCUT2D eigenvalue weighted by Gasteiger charge is -2.30. The summed E-state index contributed by atoms with van der Waals surface area (Å²) in [6.45, 7) is 3.49. The van der Waals surface area contributed by atoms with Crippen LogP contribution in [-0.2, 0) is 14.1 Å². The van der Waals surface area contributed by atoms with Gasteiger partial charge in [-0.15, -0.1) is 0 Å². The van der Waals surface area contributed by atoms with Crippen LogP contribution in [0, 0.1) is 0 Å². The number of aromatic nitrogens is 2. The van der Waals surface area contributed by atoms with E-state index in [1.54, 1.807) is 0 Å². The zero-order chi connectivity index (χ0) is 15.5. The molecule has 2 heterocycles. The largest absolute Gasteiger partial charge is 0.297 e. The van der Waals surface area contributed by atoms with Crippen LogP contribution >= 0.6 is 0 Å². The number of anilines is 1. The first-order valence-corrected chi connectivity index (χ1v) is 8.60. The molecule has 1 aromatic carbocycles.